The zero-order valence-electron chi connectivity index (χ0n) is 17.2. The average Bonchev–Trinajstić information content (AvgIpc) is 3.09. The monoisotopic (exact) mass is 447 g/mol. The van der Waals surface area contributed by atoms with E-state index >= 15 is 0 Å². The lowest BCUT2D eigenvalue weighted by atomic mass is 10.1. The second-order valence-corrected chi connectivity index (χ2v) is 8.78. The van der Waals surface area contributed by atoms with Gasteiger partial charge in [0.1, 0.15) is 5.82 Å². The van der Waals surface area contributed by atoms with Crippen molar-refractivity contribution < 1.29 is 18.7 Å². The van der Waals surface area contributed by atoms with Crippen molar-refractivity contribution >= 4 is 38.5 Å². The third-order valence-electron chi connectivity index (χ3n) is 5.16. The van der Waals surface area contributed by atoms with Crippen molar-refractivity contribution in [3.8, 4) is 0 Å². The first-order valence-electron chi connectivity index (χ1n) is 10.0. The molecule has 1 aliphatic heterocycles. The number of benzene rings is 1. The Morgan fingerprint density at radius 1 is 1.35 bits per heavy atom. The number of pyridine rings is 1. The van der Waals surface area contributed by atoms with Gasteiger partial charge >= 0.3 is 6.03 Å². The van der Waals surface area contributed by atoms with Crippen LogP contribution in [-0.4, -0.2) is 57.8 Å². The van der Waals surface area contributed by atoms with E-state index in [1.165, 1.54) is 29.5 Å². The molecule has 2 atom stereocenters. The van der Waals surface area contributed by atoms with Crippen LogP contribution in [0.1, 0.15) is 19.4 Å². The van der Waals surface area contributed by atoms with E-state index < -0.39 is 11.9 Å². The first-order valence-corrected chi connectivity index (χ1v) is 10.8. The van der Waals surface area contributed by atoms with Gasteiger partial charge in [-0.05, 0) is 50.1 Å². The van der Waals surface area contributed by atoms with Crippen LogP contribution >= 0.6 is 11.3 Å². The van der Waals surface area contributed by atoms with Gasteiger partial charge in [-0.1, -0.05) is 11.3 Å². The molecule has 0 radical (unpaired) electrons. The van der Waals surface area contributed by atoms with Crippen LogP contribution in [0.25, 0.3) is 10.2 Å². The van der Waals surface area contributed by atoms with Gasteiger partial charge in [-0.25, -0.2) is 23.5 Å². The molecule has 10 heteroatoms. The number of rotatable bonds is 4. The molecule has 2 N–H and O–H groups in total. The Hall–Kier alpha value is -2.85. The van der Waals surface area contributed by atoms with Crippen molar-refractivity contribution in [3.05, 3.63) is 47.7 Å². The average molecular weight is 448 g/mol. The number of aliphatic hydroxyl groups is 1. The highest BCUT2D eigenvalue weighted by atomic mass is 32.1. The zero-order valence-corrected chi connectivity index (χ0v) is 18.0. The molecule has 1 saturated heterocycles. The van der Waals surface area contributed by atoms with Crippen LogP contribution in [0.15, 0.2) is 30.5 Å². The lowest BCUT2D eigenvalue weighted by Crippen LogP contribution is -2.55. The summed E-state index contributed by atoms with van der Waals surface area (Å²) < 4.78 is 28.6. The Bertz CT molecular complexity index is 1110. The molecule has 0 bridgehead atoms. The van der Waals surface area contributed by atoms with Gasteiger partial charge in [-0.3, -0.25) is 5.32 Å². The van der Waals surface area contributed by atoms with E-state index in [0.29, 0.717) is 47.0 Å². The number of aromatic nitrogens is 2. The number of urea groups is 1. The second-order valence-electron chi connectivity index (χ2n) is 7.75. The standard InChI is InChI=1S/C21H23F2N5O2S/c1-12-11-27(21(30)26-20-25-17-4-3-15(22)9-18(17)31-20)5-6-28(12)19-16(23)8-14(10-24-19)7-13(2)29/h3-4,8-10,12-13,29H,5-7,11H2,1-2H3,(H,25,26,30)/t12-,13-/m0/s1. The Labute approximate surface area is 182 Å². The summed E-state index contributed by atoms with van der Waals surface area (Å²) in [5, 5.41) is 12.7. The molecule has 4 rings (SSSR count). The number of aliphatic hydroxyl groups excluding tert-OH is 1. The summed E-state index contributed by atoms with van der Waals surface area (Å²) in [5.74, 6) is -0.543. The minimum Gasteiger partial charge on any atom is -0.393 e. The molecule has 1 aliphatic rings. The third kappa shape index (κ3) is 4.75. The van der Waals surface area contributed by atoms with E-state index in [0.717, 1.165) is 0 Å². The number of carbonyl (C=O) groups excluding carboxylic acids is 1. The maximum absolute atomic E-state index is 14.6. The maximum atomic E-state index is 14.6. The highest BCUT2D eigenvalue weighted by molar-refractivity contribution is 7.22. The number of fused-ring (bicyclic) bond motifs is 1. The van der Waals surface area contributed by atoms with E-state index in [1.54, 1.807) is 24.1 Å². The first kappa shape index (κ1) is 21.4. The molecule has 0 spiro atoms. The number of amides is 2. The fourth-order valence-electron chi connectivity index (χ4n) is 3.71. The molecule has 164 valence electrons. The van der Waals surface area contributed by atoms with Crippen molar-refractivity contribution in [3.63, 3.8) is 0 Å². The van der Waals surface area contributed by atoms with Crippen LogP contribution < -0.4 is 10.2 Å². The van der Waals surface area contributed by atoms with Gasteiger partial charge in [0.2, 0.25) is 0 Å². The quantitative estimate of drug-likeness (QED) is 0.638. The zero-order chi connectivity index (χ0) is 22.1. The molecule has 1 fully saturated rings. The summed E-state index contributed by atoms with van der Waals surface area (Å²) in [5.41, 5.74) is 1.26. The van der Waals surface area contributed by atoms with E-state index in [9.17, 15) is 18.7 Å². The minimum absolute atomic E-state index is 0.145. The van der Waals surface area contributed by atoms with Crippen LogP contribution in [0.2, 0.25) is 0 Å². The summed E-state index contributed by atoms with van der Waals surface area (Å²) >= 11 is 1.21. The number of carbonyl (C=O) groups is 1. The lowest BCUT2D eigenvalue weighted by Gasteiger charge is -2.40. The largest absolute Gasteiger partial charge is 0.393 e. The van der Waals surface area contributed by atoms with Gasteiger partial charge < -0.3 is 14.9 Å². The summed E-state index contributed by atoms with van der Waals surface area (Å²) in [6, 6.07) is 5.25. The minimum atomic E-state index is -0.567. The molecule has 2 aromatic heterocycles. The van der Waals surface area contributed by atoms with Crippen LogP contribution in [-0.2, 0) is 6.42 Å². The molecule has 2 amide bonds. The van der Waals surface area contributed by atoms with E-state index in [2.05, 4.69) is 15.3 Å². The number of hydrogen-bond donors (Lipinski definition) is 2. The Kier molecular flexibility index (Phi) is 6.01. The highest BCUT2D eigenvalue weighted by Gasteiger charge is 2.29. The fourth-order valence-corrected chi connectivity index (χ4v) is 4.59. The van der Waals surface area contributed by atoms with Crippen LogP contribution in [0.3, 0.4) is 0 Å². The molecule has 3 heterocycles. The van der Waals surface area contributed by atoms with Crippen LogP contribution in [0.4, 0.5) is 24.5 Å². The number of nitrogens with zero attached hydrogens (tertiary/aromatic N) is 4. The summed E-state index contributed by atoms with van der Waals surface area (Å²) in [7, 11) is 0. The topological polar surface area (TPSA) is 81.6 Å². The van der Waals surface area contributed by atoms with Gasteiger partial charge in [0, 0.05) is 31.9 Å². The van der Waals surface area contributed by atoms with Gasteiger partial charge in [0.05, 0.1) is 16.3 Å². The second kappa shape index (κ2) is 8.72. The number of thiazole rings is 1. The summed E-state index contributed by atoms with van der Waals surface area (Å²) in [6.45, 7) is 4.77. The van der Waals surface area contributed by atoms with Gasteiger partial charge in [-0.2, -0.15) is 0 Å². The highest BCUT2D eigenvalue weighted by Crippen LogP contribution is 2.27. The lowest BCUT2D eigenvalue weighted by molar-refractivity contribution is 0.195. The van der Waals surface area contributed by atoms with Crippen LogP contribution in [0.5, 0.6) is 0 Å². The normalized spacial score (nSPS) is 17.8. The first-order chi connectivity index (χ1) is 14.8. The van der Waals surface area contributed by atoms with Crippen molar-refractivity contribution in [2.24, 2.45) is 0 Å². The predicted octanol–water partition coefficient (Wildman–Crippen LogP) is 3.64. The van der Waals surface area contributed by atoms with E-state index in [-0.39, 0.29) is 23.7 Å². The molecule has 0 aliphatic carbocycles. The van der Waals surface area contributed by atoms with Crippen molar-refractivity contribution in [2.75, 3.05) is 29.9 Å². The molecule has 1 aromatic carbocycles. The molecular formula is C21H23F2N5O2S. The van der Waals surface area contributed by atoms with Crippen molar-refractivity contribution in [1.82, 2.24) is 14.9 Å². The van der Waals surface area contributed by atoms with E-state index in [4.69, 9.17) is 0 Å². The third-order valence-corrected chi connectivity index (χ3v) is 6.09. The number of hydrogen-bond acceptors (Lipinski definition) is 6. The summed E-state index contributed by atoms with van der Waals surface area (Å²) in [6.07, 6.45) is 1.35. The maximum Gasteiger partial charge on any atom is 0.323 e. The Balaban J connectivity index is 1.40. The smallest absolute Gasteiger partial charge is 0.323 e. The molecule has 7 nitrogen and oxygen atoms in total. The van der Waals surface area contributed by atoms with Gasteiger partial charge in [0.25, 0.3) is 0 Å². The number of anilines is 2. The van der Waals surface area contributed by atoms with Crippen molar-refractivity contribution in [2.45, 2.75) is 32.4 Å². The van der Waals surface area contributed by atoms with Crippen LogP contribution in [0, 0.1) is 11.6 Å². The Morgan fingerprint density at radius 2 is 2.16 bits per heavy atom. The SMILES string of the molecule is C[C@H](O)Cc1cnc(N2CCN(C(=O)Nc3nc4ccc(F)cc4s3)C[C@@H]2C)c(F)c1. The molecule has 0 unspecified atom stereocenters. The molecule has 3 aromatic rings. The summed E-state index contributed by atoms with van der Waals surface area (Å²) in [4.78, 5) is 24.7. The van der Waals surface area contributed by atoms with Gasteiger partial charge in [0.15, 0.2) is 16.8 Å². The molecular weight excluding hydrogens is 424 g/mol. The van der Waals surface area contributed by atoms with Crippen molar-refractivity contribution in [1.29, 1.82) is 0 Å². The fraction of sp³-hybridized carbons (Fsp3) is 0.381. The molecule has 0 saturated carbocycles. The number of nitrogens with one attached hydrogen (secondary N) is 1. The number of halogens is 2. The predicted molar refractivity (Wildman–Crippen MR) is 117 cm³/mol. The Morgan fingerprint density at radius 3 is 2.87 bits per heavy atom. The molecule has 31 heavy (non-hydrogen) atoms. The number of piperazine rings is 1. The van der Waals surface area contributed by atoms with E-state index in [1.807, 2.05) is 11.8 Å². The van der Waals surface area contributed by atoms with Gasteiger partial charge in [-0.15, -0.1) is 0 Å².